The molecule has 0 radical (unpaired) electrons. The lowest BCUT2D eigenvalue weighted by Gasteiger charge is -2.20. The molecule has 0 spiro atoms. The highest BCUT2D eigenvalue weighted by Crippen LogP contribution is 2.25. The molecule has 2 aromatic rings. The summed E-state index contributed by atoms with van der Waals surface area (Å²) in [6.07, 6.45) is 4.59. The molecule has 1 aliphatic rings. The first-order chi connectivity index (χ1) is 12.5. The standard InChI is InChI=1S/C19H23N3O4/c1-12(18-22-21-13(2)26-18)25-19(24)15-9-6-10-16(11-15)20-17(23)14-7-4-3-5-8-14/h6,9-12,14H,3-5,7-8H2,1-2H3,(H,20,23)/t12-/m1/s1. The number of benzene rings is 1. The lowest BCUT2D eigenvalue weighted by atomic mass is 9.88. The summed E-state index contributed by atoms with van der Waals surface area (Å²) in [6.45, 7) is 3.34. The number of aryl methyl sites for hydroxylation is 1. The second kappa shape index (κ2) is 8.12. The summed E-state index contributed by atoms with van der Waals surface area (Å²) in [6, 6.07) is 6.75. The summed E-state index contributed by atoms with van der Waals surface area (Å²) >= 11 is 0. The Morgan fingerprint density at radius 1 is 1.23 bits per heavy atom. The third kappa shape index (κ3) is 4.47. The highest BCUT2D eigenvalue weighted by molar-refractivity contribution is 5.95. The van der Waals surface area contributed by atoms with Gasteiger partial charge in [-0.2, -0.15) is 0 Å². The number of esters is 1. The van der Waals surface area contributed by atoms with Crippen LogP contribution in [-0.2, 0) is 9.53 Å². The van der Waals surface area contributed by atoms with E-state index in [2.05, 4.69) is 15.5 Å². The van der Waals surface area contributed by atoms with E-state index < -0.39 is 12.1 Å². The van der Waals surface area contributed by atoms with Crippen LogP contribution in [0.3, 0.4) is 0 Å². The van der Waals surface area contributed by atoms with Gasteiger partial charge in [0.15, 0.2) is 6.10 Å². The second-order valence-electron chi connectivity index (χ2n) is 6.61. The minimum absolute atomic E-state index is 0.0184. The quantitative estimate of drug-likeness (QED) is 0.818. The number of nitrogens with one attached hydrogen (secondary N) is 1. The van der Waals surface area contributed by atoms with Gasteiger partial charge in [-0.1, -0.05) is 25.3 Å². The third-order valence-corrected chi connectivity index (χ3v) is 4.52. The normalized spacial score (nSPS) is 16.1. The van der Waals surface area contributed by atoms with E-state index >= 15 is 0 Å². The Morgan fingerprint density at radius 3 is 2.69 bits per heavy atom. The van der Waals surface area contributed by atoms with Crippen molar-refractivity contribution >= 4 is 17.6 Å². The Hall–Kier alpha value is -2.70. The molecule has 3 rings (SSSR count). The molecule has 0 aliphatic heterocycles. The first-order valence-electron chi connectivity index (χ1n) is 8.95. The monoisotopic (exact) mass is 357 g/mol. The lowest BCUT2D eigenvalue weighted by Crippen LogP contribution is -2.24. The first kappa shape index (κ1) is 18.1. The van der Waals surface area contributed by atoms with E-state index in [-0.39, 0.29) is 17.7 Å². The molecule has 138 valence electrons. The molecule has 1 saturated carbocycles. The van der Waals surface area contributed by atoms with Gasteiger partial charge in [0.05, 0.1) is 5.56 Å². The minimum Gasteiger partial charge on any atom is -0.449 e. The third-order valence-electron chi connectivity index (χ3n) is 4.52. The summed E-state index contributed by atoms with van der Waals surface area (Å²) in [7, 11) is 0. The Kier molecular flexibility index (Phi) is 5.65. The molecule has 7 heteroatoms. The van der Waals surface area contributed by atoms with E-state index in [4.69, 9.17) is 9.15 Å². The van der Waals surface area contributed by atoms with Crippen molar-refractivity contribution < 1.29 is 18.7 Å². The molecule has 1 N–H and O–H groups in total. The zero-order valence-electron chi connectivity index (χ0n) is 15.0. The van der Waals surface area contributed by atoms with Crippen LogP contribution in [0, 0.1) is 12.8 Å². The molecule has 1 amide bonds. The zero-order chi connectivity index (χ0) is 18.5. The predicted octanol–water partition coefficient (Wildman–Crippen LogP) is 3.81. The van der Waals surface area contributed by atoms with Crippen molar-refractivity contribution in [2.75, 3.05) is 5.32 Å². The topological polar surface area (TPSA) is 94.3 Å². The molecule has 1 aliphatic carbocycles. The molecule has 1 fully saturated rings. The van der Waals surface area contributed by atoms with Gasteiger partial charge in [-0.3, -0.25) is 4.79 Å². The molecule has 1 heterocycles. The van der Waals surface area contributed by atoms with Crippen LogP contribution in [0.2, 0.25) is 0 Å². The maximum Gasteiger partial charge on any atom is 0.338 e. The number of amides is 1. The Morgan fingerprint density at radius 2 is 2.00 bits per heavy atom. The molecule has 0 bridgehead atoms. The number of aromatic nitrogens is 2. The summed E-state index contributed by atoms with van der Waals surface area (Å²) in [5, 5.41) is 10.5. The number of rotatable bonds is 5. The average molecular weight is 357 g/mol. The Balaban J connectivity index is 1.62. The number of anilines is 1. The SMILES string of the molecule is Cc1nnc([C@@H](C)OC(=O)c2cccc(NC(=O)C3CCCCC3)c2)o1. The largest absolute Gasteiger partial charge is 0.449 e. The fourth-order valence-electron chi connectivity index (χ4n) is 3.09. The highest BCUT2D eigenvalue weighted by atomic mass is 16.6. The van der Waals surface area contributed by atoms with Gasteiger partial charge in [0.25, 0.3) is 5.89 Å². The fraction of sp³-hybridized carbons (Fsp3) is 0.474. The number of carbonyl (C=O) groups excluding carboxylic acids is 2. The molecular weight excluding hydrogens is 334 g/mol. The van der Waals surface area contributed by atoms with Crippen molar-refractivity contribution in [3.8, 4) is 0 Å². The Bertz CT molecular complexity index is 781. The highest BCUT2D eigenvalue weighted by Gasteiger charge is 2.22. The van der Waals surface area contributed by atoms with Gasteiger partial charge >= 0.3 is 5.97 Å². The first-order valence-corrected chi connectivity index (χ1v) is 8.95. The van der Waals surface area contributed by atoms with E-state index in [0.717, 1.165) is 25.7 Å². The van der Waals surface area contributed by atoms with Crippen LogP contribution in [0.15, 0.2) is 28.7 Å². The van der Waals surface area contributed by atoms with Crippen molar-refractivity contribution in [1.82, 2.24) is 10.2 Å². The van der Waals surface area contributed by atoms with Crippen molar-refractivity contribution in [3.63, 3.8) is 0 Å². The second-order valence-corrected chi connectivity index (χ2v) is 6.61. The van der Waals surface area contributed by atoms with E-state index in [1.54, 1.807) is 38.1 Å². The summed E-state index contributed by atoms with van der Waals surface area (Å²) in [4.78, 5) is 24.7. The number of carbonyl (C=O) groups is 2. The van der Waals surface area contributed by atoms with Gasteiger partial charge in [-0.25, -0.2) is 4.79 Å². The number of ether oxygens (including phenoxy) is 1. The van der Waals surface area contributed by atoms with Gasteiger partial charge in [0.2, 0.25) is 11.8 Å². The van der Waals surface area contributed by atoms with Crippen LogP contribution < -0.4 is 5.32 Å². The van der Waals surface area contributed by atoms with Gasteiger partial charge in [0.1, 0.15) is 0 Å². The van der Waals surface area contributed by atoms with Crippen molar-refractivity contribution in [3.05, 3.63) is 41.6 Å². The number of hydrogen-bond acceptors (Lipinski definition) is 6. The lowest BCUT2D eigenvalue weighted by molar-refractivity contribution is -0.120. The van der Waals surface area contributed by atoms with Crippen LogP contribution >= 0.6 is 0 Å². The molecule has 7 nitrogen and oxygen atoms in total. The van der Waals surface area contributed by atoms with E-state index in [9.17, 15) is 9.59 Å². The number of nitrogens with zero attached hydrogens (tertiary/aromatic N) is 2. The van der Waals surface area contributed by atoms with Crippen LogP contribution in [0.1, 0.15) is 67.3 Å². The van der Waals surface area contributed by atoms with Crippen molar-refractivity contribution in [2.24, 2.45) is 5.92 Å². The van der Waals surface area contributed by atoms with E-state index in [0.29, 0.717) is 17.1 Å². The molecule has 0 saturated heterocycles. The molecule has 1 aromatic carbocycles. The summed E-state index contributed by atoms with van der Waals surface area (Å²) < 4.78 is 10.6. The fourth-order valence-corrected chi connectivity index (χ4v) is 3.09. The summed E-state index contributed by atoms with van der Waals surface area (Å²) in [5.41, 5.74) is 0.950. The Labute approximate surface area is 152 Å². The molecule has 26 heavy (non-hydrogen) atoms. The minimum atomic E-state index is -0.649. The predicted molar refractivity (Wildman–Crippen MR) is 94.5 cm³/mol. The maximum absolute atomic E-state index is 12.4. The molecule has 1 aromatic heterocycles. The van der Waals surface area contributed by atoms with Crippen molar-refractivity contribution in [2.45, 2.75) is 52.1 Å². The zero-order valence-corrected chi connectivity index (χ0v) is 15.0. The van der Waals surface area contributed by atoms with Crippen LogP contribution in [0.25, 0.3) is 0 Å². The van der Waals surface area contributed by atoms with Gasteiger partial charge in [-0.05, 0) is 38.0 Å². The maximum atomic E-state index is 12.4. The number of hydrogen-bond donors (Lipinski definition) is 1. The van der Waals surface area contributed by atoms with Crippen molar-refractivity contribution in [1.29, 1.82) is 0 Å². The summed E-state index contributed by atoms with van der Waals surface area (Å²) in [5.74, 6) is 0.222. The molecular formula is C19H23N3O4. The average Bonchev–Trinajstić information content (AvgIpc) is 3.09. The van der Waals surface area contributed by atoms with Crippen LogP contribution in [-0.4, -0.2) is 22.1 Å². The van der Waals surface area contributed by atoms with Gasteiger partial charge in [-0.15, -0.1) is 10.2 Å². The van der Waals surface area contributed by atoms with E-state index in [1.165, 1.54) is 6.42 Å². The van der Waals surface area contributed by atoms with Gasteiger partial charge < -0.3 is 14.5 Å². The smallest absolute Gasteiger partial charge is 0.338 e. The molecule has 1 atom stereocenters. The van der Waals surface area contributed by atoms with Crippen LogP contribution in [0.4, 0.5) is 5.69 Å². The molecule has 0 unspecified atom stereocenters. The van der Waals surface area contributed by atoms with Crippen LogP contribution in [0.5, 0.6) is 0 Å². The van der Waals surface area contributed by atoms with Gasteiger partial charge in [0, 0.05) is 18.5 Å². The van der Waals surface area contributed by atoms with E-state index in [1.807, 2.05) is 0 Å².